The Bertz CT molecular complexity index is 991. The van der Waals surface area contributed by atoms with Gasteiger partial charge in [0, 0.05) is 15.5 Å². The maximum atomic E-state index is 12.7. The molecule has 0 radical (unpaired) electrons. The summed E-state index contributed by atoms with van der Waals surface area (Å²) in [7, 11) is 0. The minimum Gasteiger partial charge on any atom is -0.345 e. The standard InChI is InChI=1S/C20H17N3OS2/c24-20(21-12-19-22-16-8-2-3-9-17(16)23-19)15-7-1-4-10-18(15)26-13-14-6-5-11-25-14/h1-11H,12-13H2,(H,21,24)(H,22,23). The van der Waals surface area contributed by atoms with Crippen molar-refractivity contribution in [3.8, 4) is 0 Å². The van der Waals surface area contributed by atoms with Crippen molar-refractivity contribution in [3.05, 3.63) is 82.3 Å². The number of aromatic amines is 1. The summed E-state index contributed by atoms with van der Waals surface area (Å²) in [5.41, 5.74) is 2.58. The molecule has 2 heterocycles. The van der Waals surface area contributed by atoms with Gasteiger partial charge >= 0.3 is 0 Å². The molecular formula is C20H17N3OS2. The van der Waals surface area contributed by atoms with E-state index in [2.05, 4.69) is 26.7 Å². The summed E-state index contributed by atoms with van der Waals surface area (Å²) in [5.74, 6) is 1.54. The fourth-order valence-corrected chi connectivity index (χ4v) is 4.50. The first-order valence-electron chi connectivity index (χ1n) is 8.25. The van der Waals surface area contributed by atoms with E-state index < -0.39 is 0 Å². The Morgan fingerprint density at radius 3 is 2.77 bits per heavy atom. The van der Waals surface area contributed by atoms with Gasteiger partial charge in [-0.1, -0.05) is 30.3 Å². The third kappa shape index (κ3) is 3.81. The Morgan fingerprint density at radius 1 is 1.08 bits per heavy atom. The summed E-state index contributed by atoms with van der Waals surface area (Å²) in [6, 6.07) is 19.7. The predicted octanol–water partition coefficient (Wildman–Crippen LogP) is 4.85. The van der Waals surface area contributed by atoms with Crippen LogP contribution in [0.1, 0.15) is 21.1 Å². The molecule has 0 bridgehead atoms. The Balaban J connectivity index is 1.44. The molecule has 4 aromatic rings. The number of hydrogen-bond acceptors (Lipinski definition) is 4. The number of carbonyl (C=O) groups excluding carboxylic acids is 1. The Labute approximate surface area is 159 Å². The van der Waals surface area contributed by atoms with Gasteiger partial charge in [-0.15, -0.1) is 23.1 Å². The van der Waals surface area contributed by atoms with Gasteiger partial charge in [-0.25, -0.2) is 4.98 Å². The second kappa shape index (κ2) is 7.76. The van der Waals surface area contributed by atoms with Crippen LogP contribution in [0.2, 0.25) is 0 Å². The third-order valence-corrected chi connectivity index (χ3v) is 6.12. The minimum absolute atomic E-state index is 0.0836. The largest absolute Gasteiger partial charge is 0.345 e. The van der Waals surface area contributed by atoms with E-state index in [0.29, 0.717) is 12.1 Å². The molecular weight excluding hydrogens is 362 g/mol. The number of rotatable bonds is 6. The van der Waals surface area contributed by atoms with Gasteiger partial charge in [0.05, 0.1) is 23.1 Å². The molecule has 2 N–H and O–H groups in total. The molecule has 0 atom stereocenters. The van der Waals surface area contributed by atoms with Crippen LogP contribution >= 0.6 is 23.1 Å². The summed E-state index contributed by atoms with van der Waals surface area (Å²) in [6.07, 6.45) is 0. The van der Waals surface area contributed by atoms with E-state index in [4.69, 9.17) is 0 Å². The molecule has 0 aliphatic heterocycles. The van der Waals surface area contributed by atoms with Crippen molar-refractivity contribution < 1.29 is 4.79 Å². The van der Waals surface area contributed by atoms with Crippen LogP contribution in [0.5, 0.6) is 0 Å². The van der Waals surface area contributed by atoms with Crippen molar-refractivity contribution in [3.63, 3.8) is 0 Å². The smallest absolute Gasteiger partial charge is 0.252 e. The van der Waals surface area contributed by atoms with Crippen LogP contribution in [-0.2, 0) is 12.3 Å². The number of para-hydroxylation sites is 2. The lowest BCUT2D eigenvalue weighted by Gasteiger charge is -2.09. The summed E-state index contributed by atoms with van der Waals surface area (Å²) >= 11 is 3.42. The lowest BCUT2D eigenvalue weighted by atomic mass is 10.2. The van der Waals surface area contributed by atoms with Crippen molar-refractivity contribution in [1.82, 2.24) is 15.3 Å². The maximum Gasteiger partial charge on any atom is 0.252 e. The highest BCUT2D eigenvalue weighted by Crippen LogP contribution is 2.28. The maximum absolute atomic E-state index is 12.7. The number of nitrogens with one attached hydrogen (secondary N) is 2. The first-order valence-corrected chi connectivity index (χ1v) is 10.1. The Hall–Kier alpha value is -2.57. The zero-order valence-corrected chi connectivity index (χ0v) is 15.6. The van der Waals surface area contributed by atoms with Crippen LogP contribution in [0.4, 0.5) is 0 Å². The SMILES string of the molecule is O=C(NCc1nc2ccccc2[nH]1)c1ccccc1SCc1cccs1. The van der Waals surface area contributed by atoms with Crippen molar-refractivity contribution in [1.29, 1.82) is 0 Å². The second-order valence-corrected chi connectivity index (χ2v) is 7.80. The molecule has 0 spiro atoms. The van der Waals surface area contributed by atoms with Gasteiger partial charge in [0.2, 0.25) is 0 Å². The molecule has 0 unspecified atom stereocenters. The first-order chi connectivity index (χ1) is 12.8. The van der Waals surface area contributed by atoms with Gasteiger partial charge < -0.3 is 10.3 Å². The van der Waals surface area contributed by atoms with E-state index in [1.807, 2.05) is 54.6 Å². The van der Waals surface area contributed by atoms with Gasteiger partial charge in [0.1, 0.15) is 5.82 Å². The number of H-pyrrole nitrogens is 1. The lowest BCUT2D eigenvalue weighted by Crippen LogP contribution is -2.24. The molecule has 0 fully saturated rings. The summed E-state index contributed by atoms with van der Waals surface area (Å²) in [6.45, 7) is 0.372. The van der Waals surface area contributed by atoms with E-state index in [0.717, 1.165) is 27.5 Å². The van der Waals surface area contributed by atoms with E-state index in [-0.39, 0.29) is 5.91 Å². The average molecular weight is 380 g/mol. The molecule has 2 aromatic heterocycles. The third-order valence-electron chi connectivity index (χ3n) is 3.94. The number of imidazole rings is 1. The quantitative estimate of drug-likeness (QED) is 0.471. The van der Waals surface area contributed by atoms with E-state index in [1.54, 1.807) is 23.1 Å². The van der Waals surface area contributed by atoms with Gasteiger partial charge in [-0.3, -0.25) is 4.79 Å². The highest BCUT2D eigenvalue weighted by atomic mass is 32.2. The van der Waals surface area contributed by atoms with Gasteiger partial charge in [-0.2, -0.15) is 0 Å². The monoisotopic (exact) mass is 379 g/mol. The number of aromatic nitrogens is 2. The van der Waals surface area contributed by atoms with E-state index >= 15 is 0 Å². The molecule has 0 saturated heterocycles. The number of amides is 1. The van der Waals surface area contributed by atoms with Crippen molar-refractivity contribution >= 4 is 40.0 Å². The molecule has 1 amide bonds. The number of carbonyl (C=O) groups is 1. The van der Waals surface area contributed by atoms with Gasteiger partial charge in [-0.05, 0) is 35.7 Å². The fraction of sp³-hybridized carbons (Fsp3) is 0.100. The summed E-state index contributed by atoms with van der Waals surface area (Å²) < 4.78 is 0. The number of thioether (sulfide) groups is 1. The number of hydrogen-bond donors (Lipinski definition) is 2. The minimum atomic E-state index is -0.0836. The van der Waals surface area contributed by atoms with Crippen LogP contribution in [0, 0.1) is 0 Å². The Morgan fingerprint density at radius 2 is 1.92 bits per heavy atom. The summed E-state index contributed by atoms with van der Waals surface area (Å²) in [4.78, 5) is 22.7. The number of nitrogens with zero attached hydrogens (tertiary/aromatic N) is 1. The molecule has 0 aliphatic rings. The van der Waals surface area contributed by atoms with Crippen LogP contribution in [0.3, 0.4) is 0 Å². The van der Waals surface area contributed by atoms with E-state index in [1.165, 1.54) is 4.88 Å². The topological polar surface area (TPSA) is 57.8 Å². The van der Waals surface area contributed by atoms with Gasteiger partial charge in [0.15, 0.2) is 0 Å². The van der Waals surface area contributed by atoms with Crippen molar-refractivity contribution in [2.45, 2.75) is 17.2 Å². The van der Waals surface area contributed by atoms with Gasteiger partial charge in [0.25, 0.3) is 5.91 Å². The fourth-order valence-electron chi connectivity index (χ4n) is 2.67. The second-order valence-electron chi connectivity index (χ2n) is 5.75. The number of benzene rings is 2. The van der Waals surface area contributed by atoms with Crippen LogP contribution in [-0.4, -0.2) is 15.9 Å². The normalized spacial score (nSPS) is 10.9. The molecule has 4 rings (SSSR count). The van der Waals surface area contributed by atoms with Crippen molar-refractivity contribution in [2.24, 2.45) is 0 Å². The zero-order chi connectivity index (χ0) is 17.8. The van der Waals surface area contributed by atoms with Crippen molar-refractivity contribution in [2.75, 3.05) is 0 Å². The van der Waals surface area contributed by atoms with Crippen LogP contribution < -0.4 is 5.32 Å². The molecule has 4 nitrogen and oxygen atoms in total. The molecule has 6 heteroatoms. The molecule has 130 valence electrons. The Kier molecular flexibility index (Phi) is 5.04. The average Bonchev–Trinajstić information content (AvgIpc) is 3.33. The zero-order valence-electron chi connectivity index (χ0n) is 13.9. The lowest BCUT2D eigenvalue weighted by molar-refractivity contribution is 0.0947. The number of fused-ring (bicyclic) bond motifs is 1. The molecule has 2 aromatic carbocycles. The highest BCUT2D eigenvalue weighted by molar-refractivity contribution is 7.98. The number of thiophene rings is 1. The van der Waals surface area contributed by atoms with Crippen LogP contribution in [0.15, 0.2) is 70.9 Å². The predicted molar refractivity (Wildman–Crippen MR) is 108 cm³/mol. The van der Waals surface area contributed by atoms with E-state index in [9.17, 15) is 4.79 Å². The van der Waals surface area contributed by atoms with Crippen LogP contribution in [0.25, 0.3) is 11.0 Å². The molecule has 0 aliphatic carbocycles. The molecule has 0 saturated carbocycles. The summed E-state index contributed by atoms with van der Waals surface area (Å²) in [5, 5.41) is 5.04. The molecule has 26 heavy (non-hydrogen) atoms. The first kappa shape index (κ1) is 16.9. The highest BCUT2D eigenvalue weighted by Gasteiger charge is 2.12.